The van der Waals surface area contributed by atoms with Crippen LogP contribution in [0.1, 0.15) is 13.8 Å². The van der Waals surface area contributed by atoms with Gasteiger partial charge in [0.25, 0.3) is 10.1 Å². The zero-order chi connectivity index (χ0) is 30.4. The highest BCUT2D eigenvalue weighted by Gasteiger charge is 2.22. The van der Waals surface area contributed by atoms with Gasteiger partial charge in [0.15, 0.2) is 11.5 Å². The van der Waals surface area contributed by atoms with E-state index in [9.17, 15) is 27.5 Å². The lowest BCUT2D eigenvalue weighted by molar-refractivity contribution is -0.178. The van der Waals surface area contributed by atoms with Crippen LogP contribution in [0.4, 0.5) is 28.4 Å². The van der Waals surface area contributed by atoms with Crippen LogP contribution in [0.2, 0.25) is 0 Å². The highest BCUT2D eigenvalue weighted by Crippen LogP contribution is 2.44. The highest BCUT2D eigenvalue weighted by molar-refractivity contribution is 7.86. The van der Waals surface area contributed by atoms with Crippen molar-refractivity contribution in [2.45, 2.75) is 18.7 Å². The molecule has 4 rings (SSSR count). The van der Waals surface area contributed by atoms with Crippen LogP contribution in [-0.2, 0) is 14.7 Å². The Hall–Kier alpha value is -4.69. The van der Waals surface area contributed by atoms with Crippen molar-refractivity contribution in [1.82, 2.24) is 0 Å². The number of nitrogen functional groups attached to an aromatic ring is 1. The number of fused-ring (bicyclic) bond motifs is 1. The first-order valence-electron chi connectivity index (χ1n) is 12.3. The fraction of sp³-hybridized carbons (Fsp3) is 0.154. The number of phenolic OH excluding ortho intramolecular Hbond substituents is 1. The maximum Gasteiger partial charge on any atom is 0.539 e. The van der Waals surface area contributed by atoms with Gasteiger partial charge in [-0.1, -0.05) is 12.1 Å². The Kier molecular flexibility index (Phi) is 9.28. The summed E-state index contributed by atoms with van der Waals surface area (Å²) in [6.45, 7) is 3.99. The average Bonchev–Trinajstić information content (AvgIpc) is 2.92. The summed E-state index contributed by atoms with van der Waals surface area (Å²) in [4.78, 5) is 10.2. The normalized spacial score (nSPS) is 11.9. The molecule has 0 saturated carbocycles. The van der Waals surface area contributed by atoms with Crippen LogP contribution in [0.3, 0.4) is 0 Å². The predicted octanol–water partition coefficient (Wildman–Crippen LogP) is 5.42. The van der Waals surface area contributed by atoms with E-state index in [4.69, 9.17) is 19.7 Å². The third-order valence-corrected chi connectivity index (χ3v) is 6.86. The van der Waals surface area contributed by atoms with Crippen molar-refractivity contribution in [3.8, 4) is 23.0 Å². The third kappa shape index (κ3) is 7.14. The van der Waals surface area contributed by atoms with E-state index in [2.05, 4.69) is 21.1 Å². The molecule has 0 radical (unpaired) electrons. The van der Waals surface area contributed by atoms with Crippen molar-refractivity contribution in [1.29, 1.82) is 0 Å². The number of hydrogen-bond acceptors (Lipinski definition) is 13. The maximum absolute atomic E-state index is 12.2. The van der Waals surface area contributed by atoms with Crippen LogP contribution < -0.4 is 35.5 Å². The van der Waals surface area contributed by atoms with Crippen molar-refractivity contribution in [2.24, 2.45) is 10.2 Å². The number of benzene rings is 4. The Morgan fingerprint density at radius 1 is 0.976 bits per heavy atom. The molecule has 0 aliphatic rings. The van der Waals surface area contributed by atoms with Gasteiger partial charge in [0.2, 0.25) is 0 Å². The number of anilines is 3. The zero-order valence-electron chi connectivity index (χ0n) is 22.3. The maximum atomic E-state index is 12.2. The van der Waals surface area contributed by atoms with E-state index in [0.717, 1.165) is 6.07 Å². The molecule has 0 aromatic heterocycles. The van der Waals surface area contributed by atoms with E-state index in [1.54, 1.807) is 32.0 Å². The van der Waals surface area contributed by atoms with Gasteiger partial charge in [-0.15, -0.1) is 10.2 Å². The van der Waals surface area contributed by atoms with Crippen molar-refractivity contribution < 1.29 is 41.5 Å². The summed E-state index contributed by atoms with van der Waals surface area (Å²) >= 11 is 0. The number of nitrogens with one attached hydrogen (secondary N) is 2. The SMILES string of the molecule is CCOc1cc(NNc2cccc(O[P+](=O)[O-])c2)c(OCC)cc1N=Nc1c(S(=O)(=O)O)cc2ccc(N)cc2c1O. The molecule has 0 spiro atoms. The molecule has 0 saturated heterocycles. The van der Waals surface area contributed by atoms with Crippen LogP contribution in [0.15, 0.2) is 75.8 Å². The first-order valence-corrected chi connectivity index (χ1v) is 14.9. The van der Waals surface area contributed by atoms with E-state index in [0.29, 0.717) is 28.2 Å². The molecule has 1 atom stereocenters. The van der Waals surface area contributed by atoms with E-state index < -0.39 is 34.7 Å². The number of aromatic hydroxyl groups is 1. The molecule has 0 bridgehead atoms. The summed E-state index contributed by atoms with van der Waals surface area (Å²) < 4.78 is 61.2. The van der Waals surface area contributed by atoms with Crippen LogP contribution in [0.5, 0.6) is 23.0 Å². The second kappa shape index (κ2) is 12.9. The molecule has 4 aromatic rings. The van der Waals surface area contributed by atoms with Gasteiger partial charge < -0.3 is 30.6 Å². The minimum atomic E-state index is -4.81. The number of rotatable bonds is 12. The summed E-state index contributed by atoms with van der Waals surface area (Å²) in [6.07, 6.45) is 0. The molecule has 1 unspecified atom stereocenters. The first kappa shape index (κ1) is 30.3. The van der Waals surface area contributed by atoms with Gasteiger partial charge >= 0.3 is 8.25 Å². The highest BCUT2D eigenvalue weighted by atomic mass is 32.2. The van der Waals surface area contributed by atoms with Crippen molar-refractivity contribution in [2.75, 3.05) is 29.8 Å². The van der Waals surface area contributed by atoms with Gasteiger partial charge in [-0.05, 0) is 54.1 Å². The number of nitrogens with zero attached hydrogens (tertiary/aromatic N) is 2. The molecule has 0 fully saturated rings. The van der Waals surface area contributed by atoms with Crippen molar-refractivity contribution in [3.05, 3.63) is 60.7 Å². The summed E-state index contributed by atoms with van der Waals surface area (Å²) in [5, 5.41) is 19.5. The number of ether oxygens (including phenoxy) is 2. The van der Waals surface area contributed by atoms with E-state index in [1.165, 1.54) is 36.4 Å². The van der Waals surface area contributed by atoms with Crippen molar-refractivity contribution >= 4 is 57.6 Å². The van der Waals surface area contributed by atoms with Crippen LogP contribution >= 0.6 is 8.25 Å². The van der Waals surface area contributed by atoms with Crippen molar-refractivity contribution in [3.63, 3.8) is 0 Å². The fourth-order valence-electron chi connectivity index (χ4n) is 3.88. The van der Waals surface area contributed by atoms with Gasteiger partial charge in [0, 0.05) is 29.3 Å². The molecule has 0 aliphatic carbocycles. The molecule has 16 heteroatoms. The molecule has 6 N–H and O–H groups in total. The minimum Gasteiger partial charge on any atom is -0.558 e. The Labute approximate surface area is 241 Å². The average molecular weight is 616 g/mol. The third-order valence-electron chi connectivity index (χ3n) is 5.63. The van der Waals surface area contributed by atoms with Gasteiger partial charge in [-0.3, -0.25) is 14.5 Å². The summed E-state index contributed by atoms with van der Waals surface area (Å²) in [7, 11) is -7.89. The minimum absolute atomic E-state index is 0.109. The molecule has 42 heavy (non-hydrogen) atoms. The Bertz CT molecular complexity index is 1780. The number of phenols is 1. The second-order valence-electron chi connectivity index (χ2n) is 8.50. The van der Waals surface area contributed by atoms with E-state index >= 15 is 0 Å². The van der Waals surface area contributed by atoms with E-state index in [1.807, 2.05) is 0 Å². The predicted molar refractivity (Wildman–Crippen MR) is 155 cm³/mol. The Morgan fingerprint density at radius 2 is 1.71 bits per heavy atom. The first-order chi connectivity index (χ1) is 20.0. The quantitative estimate of drug-likeness (QED) is 0.0443. The molecule has 0 amide bonds. The lowest BCUT2D eigenvalue weighted by Crippen LogP contribution is -2.10. The molecular formula is C26H26N5O9PS. The van der Waals surface area contributed by atoms with Crippen LogP contribution in [0.25, 0.3) is 10.8 Å². The van der Waals surface area contributed by atoms with Gasteiger partial charge in [-0.2, -0.15) is 8.42 Å². The topological polar surface area (TPSA) is 217 Å². The summed E-state index contributed by atoms with van der Waals surface area (Å²) in [6, 6.07) is 14.8. The molecule has 220 valence electrons. The van der Waals surface area contributed by atoms with Gasteiger partial charge in [0.1, 0.15) is 27.8 Å². The molecule has 0 aliphatic heterocycles. The number of hydrazine groups is 1. The van der Waals surface area contributed by atoms with Gasteiger partial charge in [-0.25, -0.2) is 0 Å². The van der Waals surface area contributed by atoms with Gasteiger partial charge in [0.05, 0.1) is 24.6 Å². The van der Waals surface area contributed by atoms with Crippen LogP contribution in [0, 0.1) is 0 Å². The number of nitrogens with two attached hydrogens (primary N) is 1. The molecule has 0 heterocycles. The number of azo groups is 1. The standard InChI is InChI=1S/C26H26N5O9PS/c1-3-38-22-14-21(23(39-4-2)13-20(22)29-28-17-6-5-7-18(12-17)40-41(33)34)30-31-25-24(42(35,36)37)10-15-8-9-16(27)11-19(15)26(25)32/h5-14,28-29,32H,3-4,27H2,1-2H3,(H,35,36,37). The van der Waals surface area contributed by atoms with Crippen LogP contribution in [-0.4, -0.2) is 31.3 Å². The second-order valence-corrected chi connectivity index (χ2v) is 10.5. The summed E-state index contributed by atoms with van der Waals surface area (Å²) in [5.74, 6) is 0.0716. The largest absolute Gasteiger partial charge is 0.558 e. The lowest BCUT2D eigenvalue weighted by Gasteiger charge is -2.17. The Morgan fingerprint density at radius 3 is 2.40 bits per heavy atom. The smallest absolute Gasteiger partial charge is 0.539 e. The molecule has 4 aromatic carbocycles. The fourth-order valence-corrected chi connectivity index (χ4v) is 4.83. The molecular weight excluding hydrogens is 589 g/mol. The lowest BCUT2D eigenvalue weighted by atomic mass is 10.1. The zero-order valence-corrected chi connectivity index (χ0v) is 24.0. The Balaban J connectivity index is 1.75. The number of hydrogen-bond donors (Lipinski definition) is 5. The van der Waals surface area contributed by atoms with E-state index in [-0.39, 0.29) is 35.8 Å². The molecule has 14 nitrogen and oxygen atoms in total. The monoisotopic (exact) mass is 615 g/mol. The summed E-state index contributed by atoms with van der Waals surface area (Å²) in [5.41, 5.74) is 12.5.